The van der Waals surface area contributed by atoms with E-state index in [1.54, 1.807) is 0 Å². The highest BCUT2D eigenvalue weighted by atomic mass is 16.6. The van der Waals surface area contributed by atoms with Crippen LogP contribution in [0.5, 0.6) is 5.88 Å². The van der Waals surface area contributed by atoms with Gasteiger partial charge in [-0.3, -0.25) is 4.57 Å². The lowest BCUT2D eigenvalue weighted by molar-refractivity contribution is -0.0511. The predicted octanol–water partition coefficient (Wildman–Crippen LogP) is -1.97. The molecular formula is C13H15N5O5. The summed E-state index contributed by atoms with van der Waals surface area (Å²) >= 11 is 0. The molecule has 23 heavy (non-hydrogen) atoms. The zero-order chi connectivity index (χ0) is 16.6. The molecule has 0 aromatic carbocycles. The molecule has 4 atom stereocenters. The van der Waals surface area contributed by atoms with Crippen LogP contribution in [0, 0.1) is 12.3 Å². The van der Waals surface area contributed by atoms with Crippen molar-refractivity contribution >= 4 is 17.1 Å². The van der Waals surface area contributed by atoms with Crippen LogP contribution in [0.3, 0.4) is 0 Å². The summed E-state index contributed by atoms with van der Waals surface area (Å²) in [5, 5.41) is 29.1. The number of nitrogens with zero attached hydrogens (tertiary/aromatic N) is 4. The number of terminal acetylenes is 1. The molecule has 1 aliphatic heterocycles. The second kappa shape index (κ2) is 5.98. The lowest BCUT2D eigenvalue weighted by Crippen LogP contribution is -2.33. The lowest BCUT2D eigenvalue weighted by atomic mass is 10.1. The molecule has 1 fully saturated rings. The molecule has 0 bridgehead atoms. The highest BCUT2D eigenvalue weighted by Gasteiger charge is 2.44. The van der Waals surface area contributed by atoms with E-state index in [0.717, 1.165) is 0 Å². The number of nitrogens with two attached hydrogens (primary N) is 1. The van der Waals surface area contributed by atoms with Gasteiger partial charge < -0.3 is 30.5 Å². The Labute approximate surface area is 130 Å². The maximum atomic E-state index is 10.1. The van der Waals surface area contributed by atoms with Gasteiger partial charge in [0, 0.05) is 0 Å². The number of aromatic nitrogens is 4. The highest BCUT2D eigenvalue weighted by Crippen LogP contribution is 2.32. The monoisotopic (exact) mass is 321 g/mol. The standard InChI is InChI=1S/C13H15N5O5/c1-2-3-22-11-7-10(16-13(14)17-11)18(5-15-7)12-9(21)8(20)6(4-19)23-12/h1,5-6,8-9,12,19-21H,3-4H2,(H2,14,16,17)/t6-,8?,9?,12-/m1/s1. The predicted molar refractivity (Wildman–Crippen MR) is 77.1 cm³/mol. The van der Waals surface area contributed by atoms with Crippen LogP contribution in [0.4, 0.5) is 5.95 Å². The van der Waals surface area contributed by atoms with Gasteiger partial charge in [0.15, 0.2) is 24.0 Å². The van der Waals surface area contributed by atoms with Gasteiger partial charge in [0.2, 0.25) is 11.8 Å². The second-order valence-electron chi connectivity index (χ2n) is 4.93. The molecule has 0 radical (unpaired) electrons. The number of aliphatic hydroxyl groups excluding tert-OH is 3. The second-order valence-corrected chi connectivity index (χ2v) is 4.93. The number of ether oxygens (including phenoxy) is 2. The van der Waals surface area contributed by atoms with Crippen LogP contribution in [-0.4, -0.2) is 66.4 Å². The van der Waals surface area contributed by atoms with Crippen molar-refractivity contribution in [2.45, 2.75) is 24.5 Å². The number of aliphatic hydroxyl groups is 3. The van der Waals surface area contributed by atoms with E-state index >= 15 is 0 Å². The van der Waals surface area contributed by atoms with Gasteiger partial charge in [-0.15, -0.1) is 6.42 Å². The highest BCUT2D eigenvalue weighted by molar-refractivity contribution is 5.77. The fourth-order valence-electron chi connectivity index (χ4n) is 2.41. The molecule has 0 amide bonds. The van der Waals surface area contributed by atoms with Crippen molar-refractivity contribution in [3.63, 3.8) is 0 Å². The molecule has 3 heterocycles. The molecule has 10 heteroatoms. The SMILES string of the molecule is C#CCOc1nc(N)nc2c1ncn2[C@@H]1O[C@H](CO)C(O)C1O. The third-order valence-electron chi connectivity index (χ3n) is 3.49. The fraction of sp³-hybridized carbons (Fsp3) is 0.462. The minimum absolute atomic E-state index is 0.0216. The molecule has 0 aliphatic carbocycles. The van der Waals surface area contributed by atoms with Crippen LogP contribution in [-0.2, 0) is 4.74 Å². The van der Waals surface area contributed by atoms with E-state index in [1.807, 2.05) is 0 Å². The topological polar surface area (TPSA) is 149 Å². The van der Waals surface area contributed by atoms with Gasteiger partial charge in [0.1, 0.15) is 18.3 Å². The quantitative estimate of drug-likeness (QED) is 0.470. The molecule has 10 nitrogen and oxygen atoms in total. The van der Waals surface area contributed by atoms with Crippen LogP contribution in [0.2, 0.25) is 0 Å². The molecule has 2 unspecified atom stereocenters. The average molecular weight is 321 g/mol. The summed E-state index contributed by atoms with van der Waals surface area (Å²) < 4.78 is 12.1. The number of fused-ring (bicyclic) bond motifs is 1. The van der Waals surface area contributed by atoms with E-state index in [9.17, 15) is 10.2 Å². The first-order valence-electron chi connectivity index (χ1n) is 6.75. The molecule has 3 rings (SSSR count). The Kier molecular flexibility index (Phi) is 4.01. The Bertz CT molecular complexity index is 757. The summed E-state index contributed by atoms with van der Waals surface area (Å²) in [6, 6.07) is 0. The molecule has 0 saturated carbocycles. The third-order valence-corrected chi connectivity index (χ3v) is 3.49. The first-order valence-corrected chi connectivity index (χ1v) is 6.75. The summed E-state index contributed by atoms with van der Waals surface area (Å²) in [6.45, 7) is -0.457. The largest absolute Gasteiger partial charge is 0.463 e. The summed E-state index contributed by atoms with van der Waals surface area (Å²) in [5.74, 6) is 2.34. The van der Waals surface area contributed by atoms with Crippen LogP contribution in [0.1, 0.15) is 6.23 Å². The number of imidazole rings is 1. The van der Waals surface area contributed by atoms with Crippen molar-refractivity contribution in [1.82, 2.24) is 19.5 Å². The van der Waals surface area contributed by atoms with Crippen LogP contribution in [0.15, 0.2) is 6.33 Å². The number of nitrogen functional groups attached to an aromatic ring is 1. The van der Waals surface area contributed by atoms with Gasteiger partial charge in [-0.2, -0.15) is 9.97 Å². The Morgan fingerprint density at radius 2 is 2.17 bits per heavy atom. The van der Waals surface area contributed by atoms with Crippen molar-refractivity contribution in [3.8, 4) is 18.2 Å². The van der Waals surface area contributed by atoms with Crippen LogP contribution < -0.4 is 10.5 Å². The maximum absolute atomic E-state index is 10.1. The number of hydrogen-bond donors (Lipinski definition) is 4. The van der Waals surface area contributed by atoms with Crippen molar-refractivity contribution in [3.05, 3.63) is 6.33 Å². The van der Waals surface area contributed by atoms with Gasteiger partial charge in [-0.1, -0.05) is 5.92 Å². The minimum atomic E-state index is -1.27. The summed E-state index contributed by atoms with van der Waals surface area (Å²) in [6.07, 6.45) is 2.09. The Hall–Kier alpha value is -2.45. The van der Waals surface area contributed by atoms with E-state index in [1.165, 1.54) is 10.9 Å². The van der Waals surface area contributed by atoms with E-state index in [4.69, 9.17) is 26.7 Å². The molecular weight excluding hydrogens is 306 g/mol. The van der Waals surface area contributed by atoms with Gasteiger partial charge in [0.25, 0.3) is 0 Å². The molecule has 2 aromatic heterocycles. The first-order chi connectivity index (χ1) is 11.1. The Balaban J connectivity index is 2.03. The van der Waals surface area contributed by atoms with Gasteiger partial charge in [-0.05, 0) is 0 Å². The fourth-order valence-corrected chi connectivity index (χ4v) is 2.41. The van der Waals surface area contributed by atoms with E-state index in [0.29, 0.717) is 0 Å². The molecule has 5 N–H and O–H groups in total. The van der Waals surface area contributed by atoms with Gasteiger partial charge in [-0.25, -0.2) is 4.98 Å². The Morgan fingerprint density at radius 1 is 1.39 bits per heavy atom. The third kappa shape index (κ3) is 2.55. The molecule has 122 valence electrons. The number of hydrogen-bond acceptors (Lipinski definition) is 9. The average Bonchev–Trinajstić information content (AvgIpc) is 3.07. The molecule has 0 spiro atoms. The van der Waals surface area contributed by atoms with Crippen LogP contribution in [0.25, 0.3) is 11.2 Å². The number of rotatable bonds is 4. The zero-order valence-electron chi connectivity index (χ0n) is 11.9. The van der Waals surface area contributed by atoms with Crippen molar-refractivity contribution in [2.75, 3.05) is 18.9 Å². The van der Waals surface area contributed by atoms with E-state index in [2.05, 4.69) is 20.9 Å². The van der Waals surface area contributed by atoms with Crippen molar-refractivity contribution < 1.29 is 24.8 Å². The van der Waals surface area contributed by atoms with E-state index < -0.39 is 31.1 Å². The Morgan fingerprint density at radius 3 is 2.83 bits per heavy atom. The minimum Gasteiger partial charge on any atom is -0.463 e. The molecule has 1 aliphatic rings. The smallest absolute Gasteiger partial charge is 0.248 e. The van der Waals surface area contributed by atoms with Gasteiger partial charge in [0.05, 0.1) is 12.9 Å². The lowest BCUT2D eigenvalue weighted by Gasteiger charge is -2.16. The summed E-state index contributed by atoms with van der Waals surface area (Å²) in [4.78, 5) is 12.1. The normalized spacial score (nSPS) is 27.2. The zero-order valence-corrected chi connectivity index (χ0v) is 11.9. The van der Waals surface area contributed by atoms with Gasteiger partial charge >= 0.3 is 0 Å². The van der Waals surface area contributed by atoms with Crippen molar-refractivity contribution in [2.24, 2.45) is 0 Å². The molecule has 1 saturated heterocycles. The maximum Gasteiger partial charge on any atom is 0.248 e. The van der Waals surface area contributed by atoms with E-state index in [-0.39, 0.29) is 29.6 Å². The van der Waals surface area contributed by atoms with Crippen LogP contribution >= 0.6 is 0 Å². The molecule has 2 aromatic rings. The summed E-state index contributed by atoms with van der Waals surface area (Å²) in [7, 11) is 0. The number of anilines is 1. The summed E-state index contributed by atoms with van der Waals surface area (Å²) in [5.41, 5.74) is 6.18. The first kappa shape index (κ1) is 15.4. The van der Waals surface area contributed by atoms with Crippen molar-refractivity contribution in [1.29, 1.82) is 0 Å².